The molecule has 1 saturated heterocycles. The lowest BCUT2D eigenvalue weighted by Crippen LogP contribution is -2.43. The van der Waals surface area contributed by atoms with E-state index in [1.807, 2.05) is 12.1 Å². The third-order valence-corrected chi connectivity index (χ3v) is 4.87. The highest BCUT2D eigenvalue weighted by Crippen LogP contribution is 2.55. The minimum absolute atomic E-state index is 0.134. The highest BCUT2D eigenvalue weighted by atomic mass is 16.5. The minimum Gasteiger partial charge on any atom is -0.369 e. The Balaban J connectivity index is 1.93. The van der Waals surface area contributed by atoms with Crippen LogP contribution in [0.5, 0.6) is 0 Å². The number of nitrogens with zero attached hydrogens (tertiary/aromatic N) is 1. The van der Waals surface area contributed by atoms with Crippen LogP contribution in [0.2, 0.25) is 0 Å². The Morgan fingerprint density at radius 1 is 1.00 bits per heavy atom. The molecule has 0 radical (unpaired) electrons. The summed E-state index contributed by atoms with van der Waals surface area (Å²) in [5.41, 5.74) is 3.12. The zero-order valence-corrected chi connectivity index (χ0v) is 11.5. The Morgan fingerprint density at radius 2 is 1.75 bits per heavy atom. The first-order valence-corrected chi connectivity index (χ1v) is 7.10. The molecule has 1 fully saturated rings. The van der Waals surface area contributed by atoms with Gasteiger partial charge in [-0.25, -0.2) is 0 Å². The van der Waals surface area contributed by atoms with E-state index in [0.29, 0.717) is 0 Å². The van der Waals surface area contributed by atoms with Crippen LogP contribution in [-0.4, -0.2) is 12.8 Å². The Hall–Kier alpha value is -1.93. The summed E-state index contributed by atoms with van der Waals surface area (Å²) in [5.74, 6) is 0. The van der Waals surface area contributed by atoms with Crippen LogP contribution < -0.4 is 0 Å². The van der Waals surface area contributed by atoms with Crippen LogP contribution >= 0.6 is 0 Å². The molecule has 2 heterocycles. The molecule has 2 atom stereocenters. The normalized spacial score (nSPS) is 30.9. The highest BCUT2D eigenvalue weighted by Gasteiger charge is 2.56. The van der Waals surface area contributed by atoms with E-state index in [9.17, 15) is 0 Å². The number of ether oxygens (including phenoxy) is 1. The predicted octanol–water partition coefficient (Wildman–Crippen LogP) is 3.98. The van der Waals surface area contributed by atoms with Gasteiger partial charge in [-0.15, -0.1) is 0 Å². The van der Waals surface area contributed by atoms with Crippen molar-refractivity contribution in [3.05, 3.63) is 65.7 Å². The molecule has 2 aliphatic rings. The lowest BCUT2D eigenvalue weighted by molar-refractivity contribution is -0.00451. The van der Waals surface area contributed by atoms with E-state index in [0.717, 1.165) is 18.7 Å². The van der Waals surface area contributed by atoms with E-state index < -0.39 is 0 Å². The van der Waals surface area contributed by atoms with Gasteiger partial charge < -0.3 is 4.74 Å². The van der Waals surface area contributed by atoms with Crippen LogP contribution in [0, 0.1) is 0 Å². The van der Waals surface area contributed by atoms with Gasteiger partial charge in [0.2, 0.25) is 0 Å². The maximum absolute atomic E-state index is 6.23. The number of rotatable bonds is 1. The van der Waals surface area contributed by atoms with Crippen molar-refractivity contribution in [3.8, 4) is 0 Å². The molecule has 1 spiro atoms. The average molecular weight is 263 g/mol. The van der Waals surface area contributed by atoms with E-state index >= 15 is 0 Å². The Labute approximate surface area is 119 Å². The molecule has 20 heavy (non-hydrogen) atoms. The molecule has 2 aromatic carbocycles. The maximum Gasteiger partial charge on any atom is 0.105 e. The summed E-state index contributed by atoms with van der Waals surface area (Å²) in [4.78, 5) is 4.65. The second kappa shape index (κ2) is 4.03. The molecule has 2 heteroatoms. The number of hydrogen-bond acceptors (Lipinski definition) is 2. The molecule has 0 amide bonds. The fourth-order valence-corrected chi connectivity index (χ4v) is 3.67. The summed E-state index contributed by atoms with van der Waals surface area (Å²) in [6, 6.07) is 18.9. The number of aliphatic imine (C=N–C) groups is 1. The number of benzene rings is 2. The zero-order valence-electron chi connectivity index (χ0n) is 11.5. The summed E-state index contributed by atoms with van der Waals surface area (Å²) in [7, 11) is 0. The van der Waals surface area contributed by atoms with E-state index in [4.69, 9.17) is 4.74 Å². The summed E-state index contributed by atoms with van der Waals surface area (Å²) in [6.45, 7) is 2.97. The molecule has 0 N–H and O–H groups in total. The van der Waals surface area contributed by atoms with Crippen molar-refractivity contribution in [2.45, 2.75) is 24.4 Å². The highest BCUT2D eigenvalue weighted by molar-refractivity contribution is 5.87. The minimum atomic E-state index is -0.343. The Bertz CT molecular complexity index is 679. The maximum atomic E-state index is 6.23. The number of fused-ring (bicyclic) bond motifs is 2. The fraction of sp³-hybridized carbons (Fsp3) is 0.278. The van der Waals surface area contributed by atoms with Crippen molar-refractivity contribution in [3.63, 3.8) is 0 Å². The van der Waals surface area contributed by atoms with E-state index in [-0.39, 0.29) is 11.0 Å². The SMILES string of the molecule is C[C@]1(c2ccccc2)OCCC12C=Nc1ccccc12. The molecular formula is C18H17NO. The fourth-order valence-electron chi connectivity index (χ4n) is 3.67. The molecule has 0 aliphatic carbocycles. The van der Waals surface area contributed by atoms with Crippen molar-refractivity contribution in [2.75, 3.05) is 6.61 Å². The second-order valence-electron chi connectivity index (χ2n) is 5.74. The van der Waals surface area contributed by atoms with E-state index in [1.54, 1.807) is 0 Å². The first kappa shape index (κ1) is 11.9. The van der Waals surface area contributed by atoms with Crippen LogP contribution in [0.4, 0.5) is 5.69 Å². The van der Waals surface area contributed by atoms with Crippen molar-refractivity contribution in [1.29, 1.82) is 0 Å². The first-order valence-electron chi connectivity index (χ1n) is 7.10. The van der Waals surface area contributed by atoms with Crippen LogP contribution in [0.15, 0.2) is 59.6 Å². The monoisotopic (exact) mass is 263 g/mol. The van der Waals surface area contributed by atoms with Gasteiger partial charge in [-0.2, -0.15) is 0 Å². The van der Waals surface area contributed by atoms with Gasteiger partial charge in [0.15, 0.2) is 0 Å². The van der Waals surface area contributed by atoms with Crippen LogP contribution in [0.3, 0.4) is 0 Å². The number of para-hydroxylation sites is 1. The second-order valence-corrected chi connectivity index (χ2v) is 5.74. The lowest BCUT2D eigenvalue weighted by Gasteiger charge is -2.38. The van der Waals surface area contributed by atoms with Gasteiger partial charge in [0.05, 0.1) is 11.1 Å². The van der Waals surface area contributed by atoms with Crippen LogP contribution in [0.25, 0.3) is 0 Å². The van der Waals surface area contributed by atoms with Crippen molar-refractivity contribution in [1.82, 2.24) is 0 Å². The van der Waals surface area contributed by atoms with E-state index in [2.05, 4.69) is 60.6 Å². The van der Waals surface area contributed by atoms with Gasteiger partial charge in [-0.05, 0) is 30.5 Å². The van der Waals surface area contributed by atoms with Crippen molar-refractivity contribution >= 4 is 11.9 Å². The number of hydrogen-bond donors (Lipinski definition) is 0. The first-order chi connectivity index (χ1) is 9.76. The summed E-state index contributed by atoms with van der Waals surface area (Å²) in [6.07, 6.45) is 3.09. The third-order valence-electron chi connectivity index (χ3n) is 4.87. The van der Waals surface area contributed by atoms with Gasteiger partial charge in [-0.1, -0.05) is 48.5 Å². The summed E-state index contributed by atoms with van der Waals surface area (Å²) < 4.78 is 6.23. The van der Waals surface area contributed by atoms with Crippen LogP contribution in [-0.2, 0) is 15.8 Å². The van der Waals surface area contributed by atoms with Crippen molar-refractivity contribution in [2.24, 2.45) is 4.99 Å². The van der Waals surface area contributed by atoms with Gasteiger partial charge in [0.25, 0.3) is 0 Å². The third kappa shape index (κ3) is 1.35. The standard InChI is InChI=1S/C18H17NO/c1-17(14-7-3-2-4-8-14)18(11-12-20-17)13-19-16-10-6-5-9-15(16)18/h2-10,13H,11-12H2,1H3/t17-,18?/m1/s1. The van der Waals surface area contributed by atoms with Gasteiger partial charge in [-0.3, -0.25) is 4.99 Å². The predicted molar refractivity (Wildman–Crippen MR) is 80.6 cm³/mol. The van der Waals surface area contributed by atoms with Gasteiger partial charge in [0, 0.05) is 12.8 Å². The molecule has 2 aromatic rings. The van der Waals surface area contributed by atoms with E-state index in [1.165, 1.54) is 11.1 Å². The zero-order chi connectivity index (χ0) is 13.6. The molecule has 2 nitrogen and oxygen atoms in total. The molecule has 1 unspecified atom stereocenters. The molecular weight excluding hydrogens is 246 g/mol. The topological polar surface area (TPSA) is 21.6 Å². The molecule has 0 bridgehead atoms. The molecule has 4 rings (SSSR count). The molecule has 100 valence electrons. The Kier molecular flexibility index (Phi) is 2.39. The van der Waals surface area contributed by atoms with Crippen molar-refractivity contribution < 1.29 is 4.74 Å². The largest absolute Gasteiger partial charge is 0.369 e. The summed E-state index contributed by atoms with van der Waals surface area (Å²) >= 11 is 0. The molecule has 2 aliphatic heterocycles. The Morgan fingerprint density at radius 3 is 2.60 bits per heavy atom. The summed E-state index contributed by atoms with van der Waals surface area (Å²) in [5, 5.41) is 0. The van der Waals surface area contributed by atoms with Gasteiger partial charge >= 0.3 is 0 Å². The lowest BCUT2D eigenvalue weighted by atomic mass is 9.66. The van der Waals surface area contributed by atoms with Gasteiger partial charge in [0.1, 0.15) is 5.60 Å². The molecule has 0 aromatic heterocycles. The van der Waals surface area contributed by atoms with Crippen LogP contribution in [0.1, 0.15) is 24.5 Å². The quantitative estimate of drug-likeness (QED) is 0.762. The molecule has 0 saturated carbocycles. The average Bonchev–Trinajstić information content (AvgIpc) is 3.05. The smallest absolute Gasteiger partial charge is 0.105 e.